The molecule has 1 aromatic rings. The molecule has 1 atom stereocenters. The molecule has 1 aliphatic heterocycles. The first-order valence-electron chi connectivity index (χ1n) is 3.94. The summed E-state index contributed by atoms with van der Waals surface area (Å²) in [5, 5.41) is 0.795. The first-order chi connectivity index (χ1) is 6.18. The zero-order valence-electron chi connectivity index (χ0n) is 6.69. The molecule has 13 heavy (non-hydrogen) atoms. The van der Waals surface area contributed by atoms with E-state index in [4.69, 9.17) is 16.3 Å². The molecule has 1 nitrogen and oxygen atoms in total. The Balaban J connectivity index is 2.56. The SMILES string of the molecule is Clc1cc(Br)cc2c1C(I)CCO2. The fraction of sp³-hybridized carbons (Fsp3) is 0.333. The average molecular weight is 373 g/mol. The number of rotatable bonds is 0. The van der Waals surface area contributed by atoms with E-state index in [1.165, 1.54) is 0 Å². The van der Waals surface area contributed by atoms with Crippen LogP contribution >= 0.6 is 50.1 Å². The van der Waals surface area contributed by atoms with E-state index in [9.17, 15) is 0 Å². The fourth-order valence-corrected chi connectivity index (χ4v) is 3.39. The topological polar surface area (TPSA) is 9.23 Å². The third-order valence-corrected chi connectivity index (χ3v) is 4.01. The summed E-state index contributed by atoms with van der Waals surface area (Å²) in [5.41, 5.74) is 1.14. The largest absolute Gasteiger partial charge is 0.493 e. The number of alkyl halides is 1. The van der Waals surface area contributed by atoms with Crippen LogP contribution in [0.2, 0.25) is 5.02 Å². The molecular weight excluding hydrogens is 366 g/mol. The van der Waals surface area contributed by atoms with Crippen molar-refractivity contribution in [3.05, 3.63) is 27.2 Å². The maximum Gasteiger partial charge on any atom is 0.126 e. The molecule has 0 aromatic heterocycles. The van der Waals surface area contributed by atoms with Crippen molar-refractivity contribution in [2.24, 2.45) is 0 Å². The summed E-state index contributed by atoms with van der Waals surface area (Å²) in [4.78, 5) is 0. The summed E-state index contributed by atoms with van der Waals surface area (Å²) in [7, 11) is 0. The van der Waals surface area contributed by atoms with Crippen molar-refractivity contribution < 1.29 is 4.74 Å². The fourth-order valence-electron chi connectivity index (χ4n) is 1.40. The van der Waals surface area contributed by atoms with Crippen LogP contribution in [0.5, 0.6) is 5.75 Å². The Kier molecular flexibility index (Phi) is 3.05. The van der Waals surface area contributed by atoms with Gasteiger partial charge in [0.2, 0.25) is 0 Å². The summed E-state index contributed by atoms with van der Waals surface area (Å²) in [5.74, 6) is 0.921. The number of ether oxygens (including phenoxy) is 1. The normalized spacial score (nSPS) is 20.7. The van der Waals surface area contributed by atoms with Gasteiger partial charge in [0.1, 0.15) is 5.75 Å². The molecule has 0 amide bonds. The maximum absolute atomic E-state index is 6.13. The number of hydrogen-bond acceptors (Lipinski definition) is 1. The Bertz CT molecular complexity index is 343. The predicted octanol–water partition coefficient (Wildman–Crippen LogP) is 4.36. The van der Waals surface area contributed by atoms with E-state index < -0.39 is 0 Å². The van der Waals surface area contributed by atoms with E-state index in [0.717, 1.165) is 33.8 Å². The highest BCUT2D eigenvalue weighted by molar-refractivity contribution is 14.1. The molecule has 0 fully saturated rings. The molecule has 1 aromatic carbocycles. The second kappa shape index (κ2) is 3.95. The summed E-state index contributed by atoms with van der Waals surface area (Å²) in [6.07, 6.45) is 1.04. The van der Waals surface area contributed by atoms with Gasteiger partial charge in [0.05, 0.1) is 6.61 Å². The van der Waals surface area contributed by atoms with Crippen LogP contribution in [-0.2, 0) is 0 Å². The highest BCUT2D eigenvalue weighted by Crippen LogP contribution is 2.43. The summed E-state index contributed by atoms with van der Waals surface area (Å²) >= 11 is 11.9. The lowest BCUT2D eigenvalue weighted by Crippen LogP contribution is -2.10. The lowest BCUT2D eigenvalue weighted by molar-refractivity contribution is 0.289. The molecule has 0 bridgehead atoms. The van der Waals surface area contributed by atoms with Crippen molar-refractivity contribution in [2.45, 2.75) is 10.3 Å². The zero-order chi connectivity index (χ0) is 9.42. The van der Waals surface area contributed by atoms with Crippen molar-refractivity contribution >= 4 is 50.1 Å². The van der Waals surface area contributed by atoms with Gasteiger partial charge in [-0.2, -0.15) is 0 Å². The molecule has 4 heteroatoms. The van der Waals surface area contributed by atoms with Crippen LogP contribution in [0.1, 0.15) is 15.9 Å². The van der Waals surface area contributed by atoms with Gasteiger partial charge in [-0.05, 0) is 18.6 Å². The van der Waals surface area contributed by atoms with Crippen LogP contribution in [0.4, 0.5) is 0 Å². The molecule has 2 rings (SSSR count). The first kappa shape index (κ1) is 10.1. The second-order valence-electron chi connectivity index (χ2n) is 2.90. The maximum atomic E-state index is 6.13. The smallest absolute Gasteiger partial charge is 0.126 e. The van der Waals surface area contributed by atoms with Gasteiger partial charge in [-0.15, -0.1) is 0 Å². The Labute approximate surface area is 104 Å². The first-order valence-corrected chi connectivity index (χ1v) is 6.36. The summed E-state index contributed by atoms with van der Waals surface area (Å²) < 4.78 is 6.98. The van der Waals surface area contributed by atoms with E-state index in [0.29, 0.717) is 3.92 Å². The third-order valence-electron chi connectivity index (χ3n) is 2.00. The van der Waals surface area contributed by atoms with E-state index in [2.05, 4.69) is 38.5 Å². The molecule has 0 spiro atoms. The monoisotopic (exact) mass is 372 g/mol. The quantitative estimate of drug-likeness (QED) is 0.485. The minimum atomic E-state index is 0.474. The number of benzene rings is 1. The molecule has 0 saturated carbocycles. The van der Waals surface area contributed by atoms with Crippen LogP contribution in [0.25, 0.3) is 0 Å². The van der Waals surface area contributed by atoms with Crippen LogP contribution in [0.3, 0.4) is 0 Å². The molecule has 1 unspecified atom stereocenters. The molecular formula is C9H7BrClIO. The Hall–Kier alpha value is 0.520. The van der Waals surface area contributed by atoms with E-state index in [1.807, 2.05) is 12.1 Å². The lowest BCUT2D eigenvalue weighted by Gasteiger charge is -2.23. The second-order valence-corrected chi connectivity index (χ2v) is 5.73. The van der Waals surface area contributed by atoms with Crippen LogP contribution in [0, 0.1) is 0 Å². The highest BCUT2D eigenvalue weighted by atomic mass is 127. The van der Waals surface area contributed by atoms with Crippen molar-refractivity contribution in [1.29, 1.82) is 0 Å². The van der Waals surface area contributed by atoms with Gasteiger partial charge in [-0.25, -0.2) is 0 Å². The molecule has 1 heterocycles. The number of halogens is 3. The molecule has 0 saturated heterocycles. The Morgan fingerprint density at radius 2 is 2.31 bits per heavy atom. The lowest BCUT2D eigenvalue weighted by atomic mass is 10.1. The predicted molar refractivity (Wildman–Crippen MR) is 66.0 cm³/mol. The van der Waals surface area contributed by atoms with Crippen LogP contribution in [-0.4, -0.2) is 6.61 Å². The Morgan fingerprint density at radius 3 is 3.08 bits per heavy atom. The highest BCUT2D eigenvalue weighted by Gasteiger charge is 2.22. The van der Waals surface area contributed by atoms with E-state index >= 15 is 0 Å². The number of hydrogen-bond donors (Lipinski definition) is 0. The van der Waals surface area contributed by atoms with Gasteiger partial charge < -0.3 is 4.74 Å². The Morgan fingerprint density at radius 1 is 1.54 bits per heavy atom. The van der Waals surface area contributed by atoms with E-state index in [-0.39, 0.29) is 0 Å². The van der Waals surface area contributed by atoms with Gasteiger partial charge in [0, 0.05) is 19.0 Å². The van der Waals surface area contributed by atoms with Crippen molar-refractivity contribution in [3.63, 3.8) is 0 Å². The summed E-state index contributed by atoms with van der Waals surface area (Å²) in [6.45, 7) is 0.785. The van der Waals surface area contributed by atoms with Crippen LogP contribution < -0.4 is 4.74 Å². The standard InChI is InChI=1S/C9H7BrClIO/c10-5-3-6(11)9-7(12)1-2-13-8(9)4-5/h3-4,7H,1-2H2. The van der Waals surface area contributed by atoms with Gasteiger partial charge >= 0.3 is 0 Å². The zero-order valence-corrected chi connectivity index (χ0v) is 11.2. The van der Waals surface area contributed by atoms with Gasteiger partial charge in [-0.3, -0.25) is 0 Å². The molecule has 0 aliphatic carbocycles. The van der Waals surface area contributed by atoms with E-state index in [1.54, 1.807) is 0 Å². The van der Waals surface area contributed by atoms with Crippen molar-refractivity contribution in [3.8, 4) is 5.75 Å². The van der Waals surface area contributed by atoms with Gasteiger partial charge in [0.15, 0.2) is 0 Å². The summed E-state index contributed by atoms with van der Waals surface area (Å²) in [6, 6.07) is 3.90. The molecule has 1 aliphatic rings. The molecule has 0 radical (unpaired) electrons. The van der Waals surface area contributed by atoms with Crippen molar-refractivity contribution in [2.75, 3.05) is 6.61 Å². The number of fused-ring (bicyclic) bond motifs is 1. The van der Waals surface area contributed by atoms with Crippen molar-refractivity contribution in [1.82, 2.24) is 0 Å². The minimum Gasteiger partial charge on any atom is -0.493 e. The minimum absolute atomic E-state index is 0.474. The third kappa shape index (κ3) is 1.97. The molecule has 0 N–H and O–H groups in total. The molecule has 70 valence electrons. The van der Waals surface area contributed by atoms with Gasteiger partial charge in [0.25, 0.3) is 0 Å². The van der Waals surface area contributed by atoms with Crippen LogP contribution in [0.15, 0.2) is 16.6 Å². The average Bonchev–Trinajstić information content (AvgIpc) is 2.02. The van der Waals surface area contributed by atoms with Gasteiger partial charge in [-0.1, -0.05) is 50.1 Å².